The number of furan rings is 1. The van der Waals surface area contributed by atoms with E-state index >= 15 is 0 Å². The Morgan fingerprint density at radius 3 is 2.63 bits per heavy atom. The second-order valence-electron chi connectivity index (χ2n) is 7.98. The lowest BCUT2D eigenvalue weighted by Gasteiger charge is -2.33. The first-order valence-electron chi connectivity index (χ1n) is 10.7. The van der Waals surface area contributed by atoms with Gasteiger partial charge in [0.05, 0.1) is 29.4 Å². The van der Waals surface area contributed by atoms with Gasteiger partial charge in [0, 0.05) is 17.0 Å². The fourth-order valence-electron chi connectivity index (χ4n) is 4.07. The number of rotatable bonds is 7. The molecule has 30 heavy (non-hydrogen) atoms. The first-order valence-corrected chi connectivity index (χ1v) is 11.5. The third-order valence-electron chi connectivity index (χ3n) is 5.65. The normalized spacial score (nSPS) is 15.8. The minimum Gasteiger partial charge on any atom is -0.468 e. The highest BCUT2D eigenvalue weighted by molar-refractivity contribution is 7.12. The molecule has 1 aliphatic rings. The molecule has 1 atom stereocenters. The van der Waals surface area contributed by atoms with Gasteiger partial charge < -0.3 is 9.73 Å². The summed E-state index contributed by atoms with van der Waals surface area (Å²) in [5, 5.41) is 4.13. The van der Waals surface area contributed by atoms with Crippen LogP contribution < -0.4 is 5.32 Å². The van der Waals surface area contributed by atoms with Gasteiger partial charge in [-0.25, -0.2) is 4.98 Å². The Labute approximate surface area is 182 Å². The first kappa shape index (κ1) is 20.8. The number of likely N-dealkylation sites (tertiary alicyclic amines) is 1. The smallest absolute Gasteiger partial charge is 0.225 e. The maximum atomic E-state index is 12.8. The molecule has 6 heteroatoms. The molecule has 0 aliphatic carbocycles. The van der Waals surface area contributed by atoms with Crippen molar-refractivity contribution in [1.29, 1.82) is 0 Å². The predicted molar refractivity (Wildman–Crippen MR) is 121 cm³/mol. The van der Waals surface area contributed by atoms with Gasteiger partial charge in [-0.2, -0.15) is 0 Å². The van der Waals surface area contributed by atoms with Gasteiger partial charge in [-0.05, 0) is 51.9 Å². The molecule has 2 aromatic heterocycles. The molecule has 0 unspecified atom stereocenters. The van der Waals surface area contributed by atoms with E-state index in [4.69, 9.17) is 4.42 Å². The zero-order valence-electron chi connectivity index (χ0n) is 17.7. The lowest BCUT2D eigenvalue weighted by atomic mass is 10.1. The number of benzene rings is 1. The number of nitrogens with zero attached hydrogens (tertiary/aromatic N) is 2. The molecule has 5 nitrogen and oxygen atoms in total. The van der Waals surface area contributed by atoms with E-state index in [0.717, 1.165) is 40.0 Å². The molecule has 0 bridgehead atoms. The zero-order valence-corrected chi connectivity index (χ0v) is 18.5. The van der Waals surface area contributed by atoms with Crippen LogP contribution in [-0.4, -0.2) is 35.4 Å². The summed E-state index contributed by atoms with van der Waals surface area (Å²) in [6.45, 7) is 6.72. The summed E-state index contributed by atoms with van der Waals surface area (Å²) in [7, 11) is 0. The summed E-state index contributed by atoms with van der Waals surface area (Å²) in [5.41, 5.74) is 3.20. The molecule has 0 spiro atoms. The SMILES string of the molecule is Cc1ccc(-c2nc(C)sc2CC(=O)NC[C@H](c2ccco2)N2CCCCC2)cc1. The molecule has 3 aromatic rings. The number of amides is 1. The van der Waals surface area contributed by atoms with E-state index in [2.05, 4.69) is 46.4 Å². The molecular formula is C24H29N3O2S. The van der Waals surface area contributed by atoms with Crippen LogP contribution in [0.5, 0.6) is 0 Å². The number of nitrogens with one attached hydrogen (secondary N) is 1. The van der Waals surface area contributed by atoms with Crippen LogP contribution in [0.15, 0.2) is 47.1 Å². The highest BCUT2D eigenvalue weighted by Gasteiger charge is 2.25. The minimum atomic E-state index is 0.0283. The molecular weight excluding hydrogens is 394 g/mol. The summed E-state index contributed by atoms with van der Waals surface area (Å²) in [5.74, 6) is 0.951. The third-order valence-corrected chi connectivity index (χ3v) is 6.62. The van der Waals surface area contributed by atoms with Crippen molar-refractivity contribution in [2.45, 2.75) is 45.6 Å². The van der Waals surface area contributed by atoms with Gasteiger partial charge >= 0.3 is 0 Å². The summed E-state index contributed by atoms with van der Waals surface area (Å²) in [4.78, 5) is 21.0. The molecule has 1 fully saturated rings. The van der Waals surface area contributed by atoms with Crippen molar-refractivity contribution in [3.63, 3.8) is 0 Å². The highest BCUT2D eigenvalue weighted by Crippen LogP contribution is 2.29. The van der Waals surface area contributed by atoms with Gasteiger partial charge in [-0.15, -0.1) is 11.3 Å². The van der Waals surface area contributed by atoms with Gasteiger partial charge in [0.25, 0.3) is 0 Å². The molecule has 158 valence electrons. The molecule has 1 saturated heterocycles. The predicted octanol–water partition coefficient (Wildman–Crippen LogP) is 4.91. The molecule has 1 amide bonds. The van der Waals surface area contributed by atoms with Crippen molar-refractivity contribution in [1.82, 2.24) is 15.2 Å². The van der Waals surface area contributed by atoms with Crippen molar-refractivity contribution in [3.05, 3.63) is 63.9 Å². The van der Waals surface area contributed by atoms with E-state index < -0.39 is 0 Å². The number of aromatic nitrogens is 1. The van der Waals surface area contributed by atoms with Crippen molar-refractivity contribution in [3.8, 4) is 11.3 Å². The van der Waals surface area contributed by atoms with Gasteiger partial charge in [0.2, 0.25) is 5.91 Å². The maximum absolute atomic E-state index is 12.8. The molecule has 0 radical (unpaired) electrons. The Morgan fingerprint density at radius 2 is 1.93 bits per heavy atom. The maximum Gasteiger partial charge on any atom is 0.225 e. The summed E-state index contributed by atoms with van der Waals surface area (Å²) < 4.78 is 5.69. The van der Waals surface area contributed by atoms with Crippen molar-refractivity contribution in [2.24, 2.45) is 0 Å². The summed E-state index contributed by atoms with van der Waals surface area (Å²) in [6.07, 6.45) is 5.73. The van der Waals surface area contributed by atoms with E-state index in [0.29, 0.717) is 13.0 Å². The molecule has 3 heterocycles. The highest BCUT2D eigenvalue weighted by atomic mass is 32.1. The lowest BCUT2D eigenvalue weighted by Crippen LogP contribution is -2.40. The molecule has 4 rings (SSSR count). The number of carbonyl (C=O) groups excluding carboxylic acids is 1. The molecule has 0 saturated carbocycles. The summed E-state index contributed by atoms with van der Waals surface area (Å²) in [6, 6.07) is 12.3. The zero-order chi connectivity index (χ0) is 20.9. The Balaban J connectivity index is 1.43. The van der Waals surface area contributed by atoms with E-state index in [1.807, 2.05) is 19.1 Å². The van der Waals surface area contributed by atoms with Crippen LogP contribution >= 0.6 is 11.3 Å². The standard InChI is InChI=1S/C24H29N3O2S/c1-17-8-10-19(11-9-17)24-22(30-18(2)26-24)15-23(28)25-16-20(21-7-6-14-29-21)27-12-4-3-5-13-27/h6-11,14,20H,3-5,12-13,15-16H2,1-2H3,(H,25,28)/t20-/m1/s1. The van der Waals surface area contributed by atoms with Crippen molar-refractivity contribution >= 4 is 17.2 Å². The fourth-order valence-corrected chi connectivity index (χ4v) is 5.02. The lowest BCUT2D eigenvalue weighted by molar-refractivity contribution is -0.120. The topological polar surface area (TPSA) is 58.4 Å². The average molecular weight is 424 g/mol. The number of piperidine rings is 1. The second-order valence-corrected chi connectivity index (χ2v) is 9.27. The van der Waals surface area contributed by atoms with Crippen LogP contribution in [0.4, 0.5) is 0 Å². The number of thiazole rings is 1. The van der Waals surface area contributed by atoms with Crippen LogP contribution in [0.2, 0.25) is 0 Å². The average Bonchev–Trinajstić information content (AvgIpc) is 3.40. The van der Waals surface area contributed by atoms with Crippen molar-refractivity contribution in [2.75, 3.05) is 19.6 Å². The van der Waals surface area contributed by atoms with Gasteiger partial charge in [-0.1, -0.05) is 36.2 Å². The minimum absolute atomic E-state index is 0.0283. The van der Waals surface area contributed by atoms with E-state index in [9.17, 15) is 4.79 Å². The Bertz CT molecular complexity index is 957. The van der Waals surface area contributed by atoms with Gasteiger partial charge in [0.1, 0.15) is 5.76 Å². The summed E-state index contributed by atoms with van der Waals surface area (Å²) >= 11 is 1.60. The molecule has 1 aliphatic heterocycles. The second kappa shape index (κ2) is 9.58. The monoisotopic (exact) mass is 423 g/mol. The number of carbonyl (C=O) groups is 1. The van der Waals surface area contributed by atoms with E-state index in [-0.39, 0.29) is 11.9 Å². The van der Waals surface area contributed by atoms with E-state index in [1.165, 1.54) is 24.8 Å². The fraction of sp³-hybridized carbons (Fsp3) is 0.417. The van der Waals surface area contributed by atoms with Crippen LogP contribution in [0.3, 0.4) is 0 Å². The number of hydrogen-bond donors (Lipinski definition) is 1. The van der Waals surface area contributed by atoms with Gasteiger partial charge in [-0.3, -0.25) is 9.69 Å². The van der Waals surface area contributed by atoms with Gasteiger partial charge in [0.15, 0.2) is 0 Å². The van der Waals surface area contributed by atoms with Crippen LogP contribution in [0.1, 0.15) is 46.5 Å². The van der Waals surface area contributed by atoms with Crippen LogP contribution in [0, 0.1) is 13.8 Å². The third kappa shape index (κ3) is 4.99. The molecule has 1 N–H and O–H groups in total. The Morgan fingerprint density at radius 1 is 1.17 bits per heavy atom. The van der Waals surface area contributed by atoms with Crippen LogP contribution in [0.25, 0.3) is 11.3 Å². The quantitative estimate of drug-likeness (QED) is 0.587. The Hall–Kier alpha value is -2.44. The molecule has 1 aromatic carbocycles. The van der Waals surface area contributed by atoms with Crippen LogP contribution in [-0.2, 0) is 11.2 Å². The van der Waals surface area contributed by atoms with E-state index in [1.54, 1.807) is 17.6 Å². The number of aryl methyl sites for hydroxylation is 2. The Kier molecular flexibility index (Phi) is 6.65. The largest absolute Gasteiger partial charge is 0.468 e. The first-order chi connectivity index (χ1) is 14.6. The number of hydrogen-bond acceptors (Lipinski definition) is 5. The van der Waals surface area contributed by atoms with Crippen molar-refractivity contribution < 1.29 is 9.21 Å².